The van der Waals surface area contributed by atoms with Crippen LogP contribution in [0.5, 0.6) is 0 Å². The molecule has 0 aliphatic heterocycles. The Labute approximate surface area is 91.3 Å². The lowest BCUT2D eigenvalue weighted by Gasteiger charge is -2.20. The summed E-state index contributed by atoms with van der Waals surface area (Å²) in [6.45, 7) is 4.54. The first-order chi connectivity index (χ1) is 7.11. The molecule has 0 saturated heterocycles. The van der Waals surface area contributed by atoms with Crippen LogP contribution in [0.2, 0.25) is 0 Å². The van der Waals surface area contributed by atoms with Crippen molar-refractivity contribution in [3.05, 3.63) is 0 Å². The van der Waals surface area contributed by atoms with E-state index in [4.69, 9.17) is 9.84 Å². The predicted octanol–water partition coefficient (Wildman–Crippen LogP) is 1.66. The molecule has 0 fully saturated rings. The highest BCUT2D eigenvalue weighted by atomic mass is 16.5. The molecule has 4 nitrogen and oxygen atoms in total. The van der Waals surface area contributed by atoms with Crippen LogP contribution in [-0.4, -0.2) is 35.5 Å². The van der Waals surface area contributed by atoms with Gasteiger partial charge in [0.05, 0.1) is 25.7 Å². The van der Waals surface area contributed by atoms with E-state index < -0.39 is 12.1 Å². The van der Waals surface area contributed by atoms with E-state index >= 15 is 0 Å². The van der Waals surface area contributed by atoms with Gasteiger partial charge in [-0.25, -0.2) is 0 Å². The van der Waals surface area contributed by atoms with Crippen molar-refractivity contribution >= 4 is 5.97 Å². The van der Waals surface area contributed by atoms with Crippen LogP contribution >= 0.6 is 0 Å². The largest absolute Gasteiger partial charge is 0.481 e. The van der Waals surface area contributed by atoms with Crippen LogP contribution in [0.3, 0.4) is 0 Å². The lowest BCUT2D eigenvalue weighted by Crippen LogP contribution is -2.25. The molecule has 0 saturated carbocycles. The molecule has 0 aromatic carbocycles. The first-order valence-corrected chi connectivity index (χ1v) is 5.59. The molecule has 15 heavy (non-hydrogen) atoms. The standard InChI is InChI=1S/C11H22O4/c1-3-5-9(4-2)10(12)8-15-7-6-11(13)14/h9-10,12H,3-8H2,1-2H3,(H,13,14)/t9?,10-/m1/s1. The highest BCUT2D eigenvalue weighted by Crippen LogP contribution is 2.15. The average molecular weight is 218 g/mol. The molecule has 0 rings (SSSR count). The van der Waals surface area contributed by atoms with Crippen LogP contribution in [0.25, 0.3) is 0 Å². The Hall–Kier alpha value is -0.610. The van der Waals surface area contributed by atoms with E-state index in [1.165, 1.54) is 0 Å². The highest BCUT2D eigenvalue weighted by molar-refractivity contribution is 5.66. The van der Waals surface area contributed by atoms with E-state index in [-0.39, 0.29) is 25.6 Å². The number of rotatable bonds is 9. The zero-order chi connectivity index (χ0) is 11.7. The topological polar surface area (TPSA) is 66.8 Å². The molecule has 0 radical (unpaired) electrons. The molecule has 0 heterocycles. The van der Waals surface area contributed by atoms with E-state index in [2.05, 4.69) is 6.92 Å². The lowest BCUT2D eigenvalue weighted by molar-refractivity contribution is -0.138. The van der Waals surface area contributed by atoms with Crippen LogP contribution < -0.4 is 0 Å². The number of aliphatic carboxylic acids is 1. The third-order valence-corrected chi connectivity index (χ3v) is 2.48. The van der Waals surface area contributed by atoms with Gasteiger partial charge in [-0.05, 0) is 12.3 Å². The van der Waals surface area contributed by atoms with Crippen LogP contribution in [0.15, 0.2) is 0 Å². The van der Waals surface area contributed by atoms with Gasteiger partial charge in [-0.1, -0.05) is 26.7 Å². The van der Waals surface area contributed by atoms with Gasteiger partial charge in [0, 0.05) is 0 Å². The van der Waals surface area contributed by atoms with Crippen molar-refractivity contribution in [3.8, 4) is 0 Å². The number of aliphatic hydroxyl groups excluding tert-OH is 1. The van der Waals surface area contributed by atoms with E-state index in [1.807, 2.05) is 6.92 Å². The number of carbonyl (C=O) groups is 1. The number of ether oxygens (including phenoxy) is 1. The summed E-state index contributed by atoms with van der Waals surface area (Å²) in [4.78, 5) is 10.2. The van der Waals surface area contributed by atoms with Crippen LogP contribution in [0.4, 0.5) is 0 Å². The summed E-state index contributed by atoms with van der Waals surface area (Å²) in [5, 5.41) is 18.1. The third kappa shape index (κ3) is 7.33. The number of carboxylic acid groups (broad SMARTS) is 1. The SMILES string of the molecule is CCCC(CC)[C@H](O)COCCC(=O)O. The van der Waals surface area contributed by atoms with Gasteiger partial charge in [-0.3, -0.25) is 4.79 Å². The highest BCUT2D eigenvalue weighted by Gasteiger charge is 2.16. The van der Waals surface area contributed by atoms with Crippen molar-refractivity contribution in [2.75, 3.05) is 13.2 Å². The summed E-state index contributed by atoms with van der Waals surface area (Å²) in [5.74, 6) is -0.607. The Bertz CT molecular complexity index is 170. The minimum atomic E-state index is -0.870. The van der Waals surface area contributed by atoms with Gasteiger partial charge in [-0.15, -0.1) is 0 Å². The zero-order valence-corrected chi connectivity index (χ0v) is 9.61. The lowest BCUT2D eigenvalue weighted by atomic mass is 9.95. The number of hydrogen-bond acceptors (Lipinski definition) is 3. The van der Waals surface area contributed by atoms with Gasteiger partial charge >= 0.3 is 5.97 Å². The van der Waals surface area contributed by atoms with Crippen molar-refractivity contribution in [3.63, 3.8) is 0 Å². The van der Waals surface area contributed by atoms with Crippen molar-refractivity contribution in [2.45, 2.75) is 45.6 Å². The number of carboxylic acids is 1. The summed E-state index contributed by atoms with van der Waals surface area (Å²) in [6, 6.07) is 0. The maximum Gasteiger partial charge on any atom is 0.305 e. The fraction of sp³-hybridized carbons (Fsp3) is 0.909. The second-order valence-corrected chi connectivity index (χ2v) is 3.74. The van der Waals surface area contributed by atoms with Gasteiger partial charge in [0.25, 0.3) is 0 Å². The summed E-state index contributed by atoms with van der Waals surface area (Å²) in [6.07, 6.45) is 2.49. The van der Waals surface area contributed by atoms with Crippen LogP contribution in [0, 0.1) is 5.92 Å². The predicted molar refractivity (Wildman–Crippen MR) is 57.8 cm³/mol. The molecule has 0 aliphatic carbocycles. The molecule has 0 aliphatic rings. The van der Waals surface area contributed by atoms with Gasteiger partial charge in [-0.2, -0.15) is 0 Å². The summed E-state index contributed by atoms with van der Waals surface area (Å²) < 4.78 is 5.10. The van der Waals surface area contributed by atoms with E-state index in [1.54, 1.807) is 0 Å². The second kappa shape index (κ2) is 8.68. The van der Waals surface area contributed by atoms with Gasteiger partial charge < -0.3 is 14.9 Å². The normalized spacial score (nSPS) is 14.9. The zero-order valence-electron chi connectivity index (χ0n) is 9.61. The van der Waals surface area contributed by atoms with Crippen molar-refractivity contribution < 1.29 is 19.7 Å². The fourth-order valence-corrected chi connectivity index (χ4v) is 1.54. The molecule has 2 atom stereocenters. The number of aliphatic hydroxyl groups is 1. The monoisotopic (exact) mass is 218 g/mol. The minimum Gasteiger partial charge on any atom is -0.481 e. The van der Waals surface area contributed by atoms with Crippen molar-refractivity contribution in [2.24, 2.45) is 5.92 Å². The first-order valence-electron chi connectivity index (χ1n) is 5.59. The third-order valence-electron chi connectivity index (χ3n) is 2.48. The maximum absolute atomic E-state index is 10.2. The molecule has 0 aromatic rings. The quantitative estimate of drug-likeness (QED) is 0.578. The summed E-state index contributed by atoms with van der Waals surface area (Å²) in [5.41, 5.74) is 0. The summed E-state index contributed by atoms with van der Waals surface area (Å²) in [7, 11) is 0. The van der Waals surface area contributed by atoms with E-state index in [9.17, 15) is 9.90 Å². The molecular formula is C11H22O4. The van der Waals surface area contributed by atoms with E-state index in [0.717, 1.165) is 19.3 Å². The summed E-state index contributed by atoms with van der Waals surface area (Å²) >= 11 is 0. The molecule has 0 spiro atoms. The Balaban J connectivity index is 3.61. The Kier molecular flexibility index (Phi) is 8.33. The number of hydrogen-bond donors (Lipinski definition) is 2. The molecule has 0 aromatic heterocycles. The second-order valence-electron chi connectivity index (χ2n) is 3.74. The van der Waals surface area contributed by atoms with Gasteiger partial charge in [0.2, 0.25) is 0 Å². The first kappa shape index (κ1) is 14.4. The Morgan fingerprint density at radius 1 is 1.40 bits per heavy atom. The van der Waals surface area contributed by atoms with E-state index in [0.29, 0.717) is 0 Å². The van der Waals surface area contributed by atoms with Gasteiger partial charge in [0.15, 0.2) is 0 Å². The smallest absolute Gasteiger partial charge is 0.305 e. The molecular weight excluding hydrogens is 196 g/mol. The van der Waals surface area contributed by atoms with Crippen molar-refractivity contribution in [1.82, 2.24) is 0 Å². The molecule has 0 amide bonds. The maximum atomic E-state index is 10.2. The van der Waals surface area contributed by atoms with Gasteiger partial charge in [0.1, 0.15) is 0 Å². The molecule has 0 bridgehead atoms. The van der Waals surface area contributed by atoms with Crippen LogP contribution in [-0.2, 0) is 9.53 Å². The molecule has 90 valence electrons. The molecule has 1 unspecified atom stereocenters. The fourth-order valence-electron chi connectivity index (χ4n) is 1.54. The molecule has 2 N–H and O–H groups in total. The Morgan fingerprint density at radius 3 is 2.53 bits per heavy atom. The molecule has 4 heteroatoms. The Morgan fingerprint density at radius 2 is 2.07 bits per heavy atom. The average Bonchev–Trinajstić information content (AvgIpc) is 2.20. The minimum absolute atomic E-state index is 0.00269. The van der Waals surface area contributed by atoms with Crippen LogP contribution in [0.1, 0.15) is 39.5 Å². The van der Waals surface area contributed by atoms with Crippen molar-refractivity contribution in [1.29, 1.82) is 0 Å².